The predicted octanol–water partition coefficient (Wildman–Crippen LogP) is 1.50. The van der Waals surface area contributed by atoms with Crippen molar-refractivity contribution in [2.75, 3.05) is 0 Å². The average Bonchev–Trinajstić information content (AvgIpc) is 2.68. The zero-order valence-electron chi connectivity index (χ0n) is 8.83. The Morgan fingerprint density at radius 2 is 2.31 bits per heavy atom. The molecule has 0 fully saturated rings. The molecule has 2 aromatic heterocycles. The Balaban J connectivity index is 0.00000128. The minimum Gasteiger partial charge on any atom is -0.338 e. The van der Waals surface area contributed by atoms with Crippen LogP contribution in [-0.4, -0.2) is 15.1 Å². The molecule has 2 heterocycles. The lowest BCUT2D eigenvalue weighted by Crippen LogP contribution is -2.05. The first-order valence-corrected chi connectivity index (χ1v) is 4.72. The largest absolute Gasteiger partial charge is 0.338 e. The van der Waals surface area contributed by atoms with Crippen LogP contribution in [0.1, 0.15) is 30.2 Å². The Morgan fingerprint density at radius 1 is 1.50 bits per heavy atom. The first-order valence-electron chi connectivity index (χ1n) is 4.72. The summed E-state index contributed by atoms with van der Waals surface area (Å²) in [4.78, 5) is 8.19. The van der Waals surface area contributed by atoms with Crippen LogP contribution in [0.4, 0.5) is 0 Å². The maximum atomic E-state index is 5.61. The van der Waals surface area contributed by atoms with E-state index in [1.54, 1.807) is 19.3 Å². The molecule has 0 saturated heterocycles. The lowest BCUT2D eigenvalue weighted by atomic mass is 10.2. The molecule has 0 spiro atoms. The van der Waals surface area contributed by atoms with Gasteiger partial charge < -0.3 is 10.3 Å². The Hall–Kier alpha value is -1.46. The number of hydrogen-bond acceptors (Lipinski definition) is 5. The molecule has 0 aliphatic carbocycles. The van der Waals surface area contributed by atoms with Crippen LogP contribution in [0.3, 0.4) is 0 Å². The van der Waals surface area contributed by atoms with E-state index in [4.69, 9.17) is 10.3 Å². The fraction of sp³-hybridized carbons (Fsp3) is 0.300. The fourth-order valence-corrected chi connectivity index (χ4v) is 1.21. The van der Waals surface area contributed by atoms with Crippen LogP contribution >= 0.6 is 12.4 Å². The van der Waals surface area contributed by atoms with Crippen LogP contribution < -0.4 is 5.73 Å². The SMILES string of the molecule is CC(N)c1nc(Cc2cccnc2)no1.Cl. The second-order valence-corrected chi connectivity index (χ2v) is 3.38. The molecule has 1 unspecified atom stereocenters. The Morgan fingerprint density at radius 3 is 2.88 bits per heavy atom. The van der Waals surface area contributed by atoms with E-state index in [0.29, 0.717) is 18.1 Å². The van der Waals surface area contributed by atoms with Crippen LogP contribution in [0, 0.1) is 0 Å². The summed E-state index contributed by atoms with van der Waals surface area (Å²) in [5.41, 5.74) is 6.66. The van der Waals surface area contributed by atoms with Gasteiger partial charge in [-0.3, -0.25) is 4.98 Å². The van der Waals surface area contributed by atoms with E-state index in [1.807, 2.05) is 12.1 Å². The van der Waals surface area contributed by atoms with Crippen molar-refractivity contribution >= 4 is 12.4 Å². The van der Waals surface area contributed by atoms with Gasteiger partial charge in [0, 0.05) is 18.8 Å². The highest BCUT2D eigenvalue weighted by Gasteiger charge is 2.10. The molecule has 0 saturated carbocycles. The van der Waals surface area contributed by atoms with Crippen molar-refractivity contribution < 1.29 is 4.52 Å². The van der Waals surface area contributed by atoms with Gasteiger partial charge in [0.05, 0.1) is 6.04 Å². The summed E-state index contributed by atoms with van der Waals surface area (Å²) >= 11 is 0. The molecule has 6 heteroatoms. The number of halogens is 1. The number of rotatable bonds is 3. The van der Waals surface area contributed by atoms with Crippen LogP contribution in [0.25, 0.3) is 0 Å². The van der Waals surface area contributed by atoms with Gasteiger partial charge in [0.15, 0.2) is 5.82 Å². The van der Waals surface area contributed by atoms with E-state index in [1.165, 1.54) is 0 Å². The molecule has 86 valence electrons. The molecule has 2 rings (SSSR count). The summed E-state index contributed by atoms with van der Waals surface area (Å²) < 4.78 is 4.99. The van der Waals surface area contributed by atoms with Gasteiger partial charge in [-0.2, -0.15) is 4.98 Å². The van der Waals surface area contributed by atoms with Gasteiger partial charge in [0.25, 0.3) is 0 Å². The van der Waals surface area contributed by atoms with E-state index in [2.05, 4.69) is 15.1 Å². The molecular weight excluding hydrogens is 228 g/mol. The fourth-order valence-electron chi connectivity index (χ4n) is 1.21. The molecule has 1 atom stereocenters. The monoisotopic (exact) mass is 240 g/mol. The summed E-state index contributed by atoms with van der Waals surface area (Å²) in [7, 11) is 0. The topological polar surface area (TPSA) is 77.8 Å². The third-order valence-electron chi connectivity index (χ3n) is 1.96. The zero-order chi connectivity index (χ0) is 10.7. The van der Waals surface area contributed by atoms with Crippen LogP contribution in [0.15, 0.2) is 29.0 Å². The number of nitrogens with two attached hydrogens (primary N) is 1. The van der Waals surface area contributed by atoms with Gasteiger partial charge in [-0.1, -0.05) is 11.2 Å². The highest BCUT2D eigenvalue weighted by Crippen LogP contribution is 2.09. The highest BCUT2D eigenvalue weighted by atomic mass is 35.5. The van der Waals surface area contributed by atoms with E-state index in [9.17, 15) is 0 Å². The van der Waals surface area contributed by atoms with E-state index >= 15 is 0 Å². The standard InChI is InChI=1S/C10H12N4O.ClH/c1-7(11)10-13-9(14-15-10)5-8-3-2-4-12-6-8;/h2-4,6-7H,5,11H2,1H3;1H. The Kier molecular flexibility index (Phi) is 4.39. The van der Waals surface area contributed by atoms with E-state index < -0.39 is 0 Å². The average molecular weight is 241 g/mol. The minimum atomic E-state index is -0.222. The van der Waals surface area contributed by atoms with Crippen LogP contribution in [0.2, 0.25) is 0 Å². The molecule has 0 bridgehead atoms. The zero-order valence-corrected chi connectivity index (χ0v) is 9.65. The predicted molar refractivity (Wildman–Crippen MR) is 61.2 cm³/mol. The van der Waals surface area contributed by atoms with Crippen molar-refractivity contribution in [2.45, 2.75) is 19.4 Å². The van der Waals surface area contributed by atoms with Crippen molar-refractivity contribution in [3.8, 4) is 0 Å². The molecular formula is C10H13ClN4O. The number of aromatic nitrogens is 3. The van der Waals surface area contributed by atoms with Crippen molar-refractivity contribution in [2.24, 2.45) is 5.73 Å². The lowest BCUT2D eigenvalue weighted by molar-refractivity contribution is 0.358. The van der Waals surface area contributed by atoms with E-state index in [-0.39, 0.29) is 18.4 Å². The highest BCUT2D eigenvalue weighted by molar-refractivity contribution is 5.85. The summed E-state index contributed by atoms with van der Waals surface area (Å²) in [6.07, 6.45) is 4.12. The molecule has 0 aliphatic heterocycles. The van der Waals surface area contributed by atoms with Gasteiger partial charge in [-0.05, 0) is 18.6 Å². The summed E-state index contributed by atoms with van der Waals surface area (Å²) in [6, 6.07) is 3.62. The Bertz CT molecular complexity index is 429. The summed E-state index contributed by atoms with van der Waals surface area (Å²) in [6.45, 7) is 1.81. The summed E-state index contributed by atoms with van der Waals surface area (Å²) in [5, 5.41) is 3.84. The molecule has 5 nitrogen and oxygen atoms in total. The molecule has 0 aliphatic rings. The second kappa shape index (κ2) is 5.58. The molecule has 0 radical (unpaired) electrons. The molecule has 2 N–H and O–H groups in total. The van der Waals surface area contributed by atoms with Crippen molar-refractivity contribution in [1.29, 1.82) is 0 Å². The van der Waals surface area contributed by atoms with Crippen molar-refractivity contribution in [3.63, 3.8) is 0 Å². The maximum Gasteiger partial charge on any atom is 0.243 e. The minimum absolute atomic E-state index is 0. The molecule has 16 heavy (non-hydrogen) atoms. The van der Waals surface area contributed by atoms with Crippen LogP contribution in [0.5, 0.6) is 0 Å². The number of hydrogen-bond donors (Lipinski definition) is 1. The van der Waals surface area contributed by atoms with Gasteiger partial charge in [-0.15, -0.1) is 12.4 Å². The molecule has 0 aromatic carbocycles. The number of pyridine rings is 1. The third-order valence-corrected chi connectivity index (χ3v) is 1.96. The number of nitrogens with zero attached hydrogens (tertiary/aromatic N) is 3. The van der Waals surface area contributed by atoms with Crippen LogP contribution in [-0.2, 0) is 6.42 Å². The molecule has 0 amide bonds. The lowest BCUT2D eigenvalue weighted by Gasteiger charge is -1.94. The quantitative estimate of drug-likeness (QED) is 0.880. The smallest absolute Gasteiger partial charge is 0.243 e. The van der Waals surface area contributed by atoms with E-state index in [0.717, 1.165) is 5.56 Å². The third kappa shape index (κ3) is 3.01. The van der Waals surface area contributed by atoms with Gasteiger partial charge in [0.2, 0.25) is 5.89 Å². The first-order chi connectivity index (χ1) is 7.25. The first kappa shape index (κ1) is 12.6. The normalized spacial score (nSPS) is 11.9. The molecule has 2 aromatic rings. The van der Waals surface area contributed by atoms with Gasteiger partial charge in [-0.25, -0.2) is 0 Å². The van der Waals surface area contributed by atoms with Gasteiger partial charge >= 0.3 is 0 Å². The van der Waals surface area contributed by atoms with Gasteiger partial charge in [0.1, 0.15) is 0 Å². The van der Waals surface area contributed by atoms with Crippen molar-refractivity contribution in [1.82, 2.24) is 15.1 Å². The van der Waals surface area contributed by atoms with Crippen molar-refractivity contribution in [3.05, 3.63) is 41.8 Å². The summed E-state index contributed by atoms with van der Waals surface area (Å²) in [5.74, 6) is 1.10. The maximum absolute atomic E-state index is 5.61. The second-order valence-electron chi connectivity index (χ2n) is 3.38. The Labute approximate surface area is 99.5 Å².